The van der Waals surface area contributed by atoms with Gasteiger partial charge in [0.1, 0.15) is 0 Å². The number of carbonyl (C=O) groups excluding carboxylic acids is 1. The minimum Gasteiger partial charge on any atom is -0.454 e. The maximum Gasteiger partial charge on any atom is 0.254 e. The lowest BCUT2D eigenvalue weighted by Gasteiger charge is -2.46. The molecular formula is C19H26N2O4. The highest BCUT2D eigenvalue weighted by Crippen LogP contribution is 2.33. The summed E-state index contributed by atoms with van der Waals surface area (Å²) in [7, 11) is 0. The fourth-order valence-electron chi connectivity index (χ4n) is 3.83. The van der Waals surface area contributed by atoms with Gasteiger partial charge in [-0.2, -0.15) is 0 Å². The standard InChI is InChI=1S/C19H26N2O4/c1-13(2)25-16-10-15(11-16)20-5-7-21(8-6-20)19(22)14-3-4-17-18(9-14)24-12-23-17/h3-4,9,13,15-16H,5-8,10-12H2,1-2H3. The number of fused-ring (bicyclic) bond motifs is 1. The second-order valence-electron chi connectivity index (χ2n) is 7.33. The number of carbonyl (C=O) groups is 1. The molecule has 0 bridgehead atoms. The number of amides is 1. The molecule has 1 aromatic carbocycles. The van der Waals surface area contributed by atoms with Crippen molar-refractivity contribution < 1.29 is 19.0 Å². The van der Waals surface area contributed by atoms with Gasteiger partial charge in [-0.1, -0.05) is 0 Å². The van der Waals surface area contributed by atoms with Crippen molar-refractivity contribution in [2.24, 2.45) is 0 Å². The zero-order chi connectivity index (χ0) is 17.4. The fourth-order valence-corrected chi connectivity index (χ4v) is 3.83. The molecule has 1 aliphatic carbocycles. The van der Waals surface area contributed by atoms with E-state index in [-0.39, 0.29) is 12.7 Å². The second-order valence-corrected chi connectivity index (χ2v) is 7.33. The molecule has 2 heterocycles. The summed E-state index contributed by atoms with van der Waals surface area (Å²) in [5, 5.41) is 0. The molecule has 25 heavy (non-hydrogen) atoms. The van der Waals surface area contributed by atoms with Gasteiger partial charge in [-0.3, -0.25) is 9.69 Å². The van der Waals surface area contributed by atoms with Gasteiger partial charge in [0.25, 0.3) is 5.91 Å². The average molecular weight is 346 g/mol. The largest absolute Gasteiger partial charge is 0.454 e. The van der Waals surface area contributed by atoms with Crippen LogP contribution in [0.15, 0.2) is 18.2 Å². The van der Waals surface area contributed by atoms with Crippen molar-refractivity contribution in [1.82, 2.24) is 9.80 Å². The topological polar surface area (TPSA) is 51.2 Å². The minimum absolute atomic E-state index is 0.0765. The lowest BCUT2D eigenvalue weighted by molar-refractivity contribution is -0.0819. The third-order valence-electron chi connectivity index (χ3n) is 5.27. The molecule has 1 aromatic rings. The molecule has 0 unspecified atom stereocenters. The highest BCUT2D eigenvalue weighted by Gasteiger charge is 2.36. The molecule has 0 N–H and O–H groups in total. The molecular weight excluding hydrogens is 320 g/mol. The molecule has 2 fully saturated rings. The van der Waals surface area contributed by atoms with E-state index in [0.717, 1.165) is 39.0 Å². The third-order valence-corrected chi connectivity index (χ3v) is 5.27. The predicted octanol–water partition coefficient (Wildman–Crippen LogP) is 2.13. The Morgan fingerprint density at radius 2 is 1.84 bits per heavy atom. The molecule has 0 radical (unpaired) electrons. The van der Waals surface area contributed by atoms with Crippen LogP contribution in [0.3, 0.4) is 0 Å². The van der Waals surface area contributed by atoms with Crippen LogP contribution in [0.2, 0.25) is 0 Å². The summed E-state index contributed by atoms with van der Waals surface area (Å²) in [4.78, 5) is 17.2. The van der Waals surface area contributed by atoms with E-state index in [4.69, 9.17) is 14.2 Å². The first kappa shape index (κ1) is 16.7. The monoisotopic (exact) mass is 346 g/mol. The first-order valence-corrected chi connectivity index (χ1v) is 9.18. The summed E-state index contributed by atoms with van der Waals surface area (Å²) < 4.78 is 16.5. The average Bonchev–Trinajstić information content (AvgIpc) is 3.05. The fraction of sp³-hybridized carbons (Fsp3) is 0.632. The first-order valence-electron chi connectivity index (χ1n) is 9.18. The summed E-state index contributed by atoms with van der Waals surface area (Å²) >= 11 is 0. The van der Waals surface area contributed by atoms with Crippen molar-refractivity contribution in [2.45, 2.75) is 44.9 Å². The lowest BCUT2D eigenvalue weighted by atomic mass is 9.87. The van der Waals surface area contributed by atoms with Gasteiger partial charge in [-0.25, -0.2) is 0 Å². The van der Waals surface area contributed by atoms with Gasteiger partial charge in [0.05, 0.1) is 12.2 Å². The Kier molecular flexibility index (Phi) is 4.56. The van der Waals surface area contributed by atoms with Gasteiger partial charge in [0, 0.05) is 37.8 Å². The van der Waals surface area contributed by atoms with Crippen LogP contribution in [-0.4, -0.2) is 66.9 Å². The molecule has 0 atom stereocenters. The van der Waals surface area contributed by atoms with Crippen LogP contribution >= 0.6 is 0 Å². The Bertz CT molecular complexity index is 634. The van der Waals surface area contributed by atoms with E-state index in [0.29, 0.717) is 35.3 Å². The van der Waals surface area contributed by atoms with E-state index in [9.17, 15) is 4.79 Å². The van der Waals surface area contributed by atoms with E-state index in [1.54, 1.807) is 6.07 Å². The number of hydrogen-bond donors (Lipinski definition) is 0. The Morgan fingerprint density at radius 1 is 1.12 bits per heavy atom. The number of nitrogens with zero attached hydrogens (tertiary/aromatic N) is 2. The maximum absolute atomic E-state index is 12.7. The van der Waals surface area contributed by atoms with Crippen LogP contribution in [-0.2, 0) is 4.74 Å². The van der Waals surface area contributed by atoms with Crippen LogP contribution in [0, 0.1) is 0 Å². The van der Waals surface area contributed by atoms with Crippen molar-refractivity contribution in [3.8, 4) is 11.5 Å². The van der Waals surface area contributed by atoms with Crippen molar-refractivity contribution in [3.05, 3.63) is 23.8 Å². The van der Waals surface area contributed by atoms with Gasteiger partial charge in [0.15, 0.2) is 11.5 Å². The highest BCUT2D eigenvalue weighted by molar-refractivity contribution is 5.95. The van der Waals surface area contributed by atoms with Crippen LogP contribution in [0.25, 0.3) is 0 Å². The third kappa shape index (κ3) is 3.46. The van der Waals surface area contributed by atoms with E-state index in [1.165, 1.54) is 0 Å². The zero-order valence-corrected chi connectivity index (χ0v) is 14.9. The summed E-state index contributed by atoms with van der Waals surface area (Å²) in [5.74, 6) is 1.45. The molecule has 1 saturated carbocycles. The molecule has 1 saturated heterocycles. The SMILES string of the molecule is CC(C)OC1CC(N2CCN(C(=O)c3ccc4c(c3)OCO4)CC2)C1. The van der Waals surface area contributed by atoms with Gasteiger partial charge in [-0.15, -0.1) is 0 Å². The molecule has 0 spiro atoms. The van der Waals surface area contributed by atoms with E-state index in [2.05, 4.69) is 18.7 Å². The van der Waals surface area contributed by atoms with Crippen LogP contribution in [0.4, 0.5) is 0 Å². The minimum atomic E-state index is 0.0765. The van der Waals surface area contributed by atoms with Crippen molar-refractivity contribution in [1.29, 1.82) is 0 Å². The molecule has 1 amide bonds. The summed E-state index contributed by atoms with van der Waals surface area (Å²) in [6.45, 7) is 7.85. The summed E-state index contributed by atoms with van der Waals surface area (Å²) in [5.41, 5.74) is 0.673. The molecule has 136 valence electrons. The zero-order valence-electron chi connectivity index (χ0n) is 14.9. The van der Waals surface area contributed by atoms with E-state index in [1.807, 2.05) is 17.0 Å². The Morgan fingerprint density at radius 3 is 2.56 bits per heavy atom. The van der Waals surface area contributed by atoms with Crippen LogP contribution < -0.4 is 9.47 Å². The number of ether oxygens (including phenoxy) is 3. The molecule has 4 rings (SSSR count). The van der Waals surface area contributed by atoms with Crippen molar-refractivity contribution in [2.75, 3.05) is 33.0 Å². The number of rotatable bonds is 4. The van der Waals surface area contributed by atoms with Crippen LogP contribution in [0.5, 0.6) is 11.5 Å². The van der Waals surface area contributed by atoms with E-state index >= 15 is 0 Å². The molecule has 6 heteroatoms. The quantitative estimate of drug-likeness (QED) is 0.836. The first-order chi connectivity index (χ1) is 12.1. The highest BCUT2D eigenvalue weighted by atomic mass is 16.7. The molecule has 0 aromatic heterocycles. The van der Waals surface area contributed by atoms with Gasteiger partial charge >= 0.3 is 0 Å². The normalized spacial score (nSPS) is 26.0. The second kappa shape index (κ2) is 6.84. The van der Waals surface area contributed by atoms with Crippen LogP contribution in [0.1, 0.15) is 37.0 Å². The van der Waals surface area contributed by atoms with Crippen molar-refractivity contribution >= 4 is 5.91 Å². The number of benzene rings is 1. The van der Waals surface area contributed by atoms with E-state index < -0.39 is 0 Å². The predicted molar refractivity (Wildman–Crippen MR) is 93.1 cm³/mol. The molecule has 6 nitrogen and oxygen atoms in total. The Balaban J connectivity index is 1.28. The van der Waals surface area contributed by atoms with Gasteiger partial charge < -0.3 is 19.1 Å². The van der Waals surface area contributed by atoms with Gasteiger partial charge in [-0.05, 0) is 44.9 Å². The molecule has 3 aliphatic rings. The lowest BCUT2D eigenvalue weighted by Crippen LogP contribution is -2.56. The number of hydrogen-bond acceptors (Lipinski definition) is 5. The Labute approximate surface area is 148 Å². The van der Waals surface area contributed by atoms with Gasteiger partial charge in [0.2, 0.25) is 6.79 Å². The Hall–Kier alpha value is -1.79. The van der Waals surface area contributed by atoms with Crippen molar-refractivity contribution in [3.63, 3.8) is 0 Å². The smallest absolute Gasteiger partial charge is 0.254 e. The number of piperazine rings is 1. The summed E-state index contributed by atoms with van der Waals surface area (Å²) in [6.07, 6.45) is 2.96. The molecule has 2 aliphatic heterocycles. The summed E-state index contributed by atoms with van der Waals surface area (Å²) in [6, 6.07) is 6.04. The maximum atomic E-state index is 12.7.